The van der Waals surface area contributed by atoms with Crippen molar-refractivity contribution < 1.29 is 14.2 Å². The summed E-state index contributed by atoms with van der Waals surface area (Å²) >= 11 is 0. The second-order valence-electron chi connectivity index (χ2n) is 15.5. The molecule has 0 amide bonds. The Morgan fingerprint density at radius 2 is 1.32 bits per heavy atom. The molecule has 2 unspecified atom stereocenters. The molecular weight excluding hydrogens is 741 g/mol. The number of rotatable bonds is 9. The van der Waals surface area contributed by atoms with Crippen LogP contribution in [0.3, 0.4) is 0 Å². The maximum absolute atomic E-state index is 6.52. The molecular formula is C46H46N10O3. The van der Waals surface area contributed by atoms with E-state index >= 15 is 0 Å². The van der Waals surface area contributed by atoms with Crippen molar-refractivity contribution >= 4 is 55.2 Å². The predicted molar refractivity (Wildman–Crippen MR) is 232 cm³/mol. The minimum absolute atomic E-state index is 0.242. The highest BCUT2D eigenvalue weighted by Crippen LogP contribution is 2.36. The summed E-state index contributed by atoms with van der Waals surface area (Å²) in [6, 6.07) is 29.0. The lowest BCUT2D eigenvalue weighted by atomic mass is 10.1. The van der Waals surface area contributed by atoms with Crippen LogP contribution in [0, 0.1) is 0 Å². The summed E-state index contributed by atoms with van der Waals surface area (Å²) in [7, 11) is 1.69. The largest absolute Gasteiger partial charge is 0.497 e. The molecule has 0 saturated carbocycles. The number of nitrogen functional groups attached to an aromatic ring is 2. The molecule has 13 nitrogen and oxygen atoms in total. The number of hydrogen-bond donors (Lipinski definition) is 5. The lowest BCUT2D eigenvalue weighted by molar-refractivity contribution is 0.110. The van der Waals surface area contributed by atoms with Crippen LogP contribution in [0.5, 0.6) is 5.75 Å². The summed E-state index contributed by atoms with van der Waals surface area (Å²) in [6.45, 7) is 2.44. The van der Waals surface area contributed by atoms with E-state index in [-0.39, 0.29) is 6.10 Å². The number of nitrogens with zero attached hydrogens (tertiary/aromatic N) is 5. The van der Waals surface area contributed by atoms with Gasteiger partial charge in [-0.2, -0.15) is 10.2 Å². The van der Waals surface area contributed by atoms with Crippen molar-refractivity contribution in [2.75, 3.05) is 31.8 Å². The molecule has 8 heterocycles. The van der Waals surface area contributed by atoms with Gasteiger partial charge in [-0.1, -0.05) is 36.4 Å². The first kappa shape index (κ1) is 36.6. The molecule has 2 aliphatic heterocycles. The highest BCUT2D eigenvalue weighted by Gasteiger charge is 2.23. The summed E-state index contributed by atoms with van der Waals surface area (Å²) in [5.41, 5.74) is 24.2. The van der Waals surface area contributed by atoms with E-state index in [0.717, 1.165) is 136 Å². The Hall–Kier alpha value is -6.70. The zero-order chi connectivity index (χ0) is 39.9. The lowest BCUT2D eigenvalue weighted by Gasteiger charge is -2.16. The van der Waals surface area contributed by atoms with E-state index < -0.39 is 0 Å². The van der Waals surface area contributed by atoms with Gasteiger partial charge < -0.3 is 35.2 Å². The van der Waals surface area contributed by atoms with Crippen molar-refractivity contribution in [2.45, 2.75) is 57.3 Å². The molecule has 11 rings (SSSR count). The maximum Gasteiger partial charge on any atom is 0.133 e. The van der Waals surface area contributed by atoms with Gasteiger partial charge in [0.2, 0.25) is 0 Å². The molecule has 9 aromatic rings. The maximum atomic E-state index is 6.52. The molecule has 2 atom stereocenters. The van der Waals surface area contributed by atoms with E-state index in [1.54, 1.807) is 19.5 Å². The second kappa shape index (κ2) is 15.6. The molecule has 3 aromatic carbocycles. The van der Waals surface area contributed by atoms with E-state index in [2.05, 4.69) is 89.5 Å². The molecule has 0 bridgehead atoms. The van der Waals surface area contributed by atoms with Gasteiger partial charge in [-0.05, 0) is 79.8 Å². The van der Waals surface area contributed by atoms with Gasteiger partial charge in [0.1, 0.15) is 17.4 Å². The van der Waals surface area contributed by atoms with Crippen molar-refractivity contribution in [3.8, 4) is 28.3 Å². The quantitative estimate of drug-likeness (QED) is 0.0960. The van der Waals surface area contributed by atoms with Gasteiger partial charge >= 0.3 is 0 Å². The van der Waals surface area contributed by atoms with E-state index in [1.807, 2.05) is 30.3 Å². The number of aromatic nitrogens is 8. The predicted octanol–water partition coefficient (Wildman–Crippen LogP) is 8.35. The number of nitrogens with two attached hydrogens (primary N) is 2. The molecule has 6 aromatic heterocycles. The SMILES string of the molecule is COc1ccc(Cn2c(CC3CCCO3)cc3c(N)nc4cc(-c5ccn[nH]5)ccc4c32)cc1.Nc1nc2cc(-c3ccn[nH]3)ccc2c2[nH]c(CC3CCCO3)cc12. The number of H-pyrrole nitrogens is 3. The number of anilines is 2. The Morgan fingerprint density at radius 1 is 0.695 bits per heavy atom. The van der Waals surface area contributed by atoms with E-state index in [1.165, 1.54) is 11.3 Å². The smallest absolute Gasteiger partial charge is 0.133 e. The fraction of sp³-hybridized carbons (Fsp3) is 0.261. The molecule has 298 valence electrons. The Bertz CT molecular complexity index is 2890. The fourth-order valence-corrected chi connectivity index (χ4v) is 8.68. The third-order valence-corrected chi connectivity index (χ3v) is 11.7. The summed E-state index contributed by atoms with van der Waals surface area (Å²) < 4.78 is 19.5. The normalized spacial score (nSPS) is 16.7. The number of benzene rings is 3. The van der Waals surface area contributed by atoms with Crippen LogP contribution in [-0.2, 0) is 28.9 Å². The molecule has 2 aliphatic rings. The Labute approximate surface area is 340 Å². The standard InChI is InChI=1S/C27H27N5O2.C19H19N5O/c1-33-20-7-4-17(5-8-20)16-32-19(14-21-3-2-12-34-21)15-23-26(32)22-9-6-18(24-10-11-29-31-24)13-25(22)30-27(23)28;20-19-15-10-12(9-13-2-1-7-25-13)22-18(15)14-4-3-11(8-17(14)23-19)16-5-6-21-24-16/h4-11,13,15,21H,2-3,12,14,16H2,1H3,(H2,28,30)(H,29,31);3-6,8,10,13,22H,1-2,7,9H2,(H2,20,23)(H,21,24). The molecule has 0 spiro atoms. The van der Waals surface area contributed by atoms with Gasteiger partial charge in [0.05, 0.1) is 52.8 Å². The van der Waals surface area contributed by atoms with Gasteiger partial charge in [0.25, 0.3) is 0 Å². The summed E-state index contributed by atoms with van der Waals surface area (Å²) in [5, 5.41) is 18.2. The lowest BCUT2D eigenvalue weighted by Crippen LogP contribution is -2.13. The van der Waals surface area contributed by atoms with Crippen LogP contribution < -0.4 is 16.2 Å². The van der Waals surface area contributed by atoms with Crippen LogP contribution in [0.1, 0.15) is 42.6 Å². The van der Waals surface area contributed by atoms with Crippen molar-refractivity contribution in [3.63, 3.8) is 0 Å². The molecule has 13 heteroatoms. The highest BCUT2D eigenvalue weighted by atomic mass is 16.5. The van der Waals surface area contributed by atoms with E-state index in [0.29, 0.717) is 17.7 Å². The number of ether oxygens (including phenoxy) is 3. The summed E-state index contributed by atoms with van der Waals surface area (Å²) in [5.74, 6) is 1.95. The molecule has 7 N–H and O–H groups in total. The number of hydrogen-bond acceptors (Lipinski definition) is 9. The van der Waals surface area contributed by atoms with E-state index in [4.69, 9.17) is 30.7 Å². The zero-order valence-corrected chi connectivity index (χ0v) is 32.9. The third kappa shape index (κ3) is 7.23. The number of methoxy groups -OCH3 is 1. The second-order valence-corrected chi connectivity index (χ2v) is 15.5. The fourth-order valence-electron chi connectivity index (χ4n) is 8.68. The van der Waals surface area contributed by atoms with Crippen LogP contribution in [0.25, 0.3) is 66.1 Å². The average Bonchev–Trinajstić information content (AvgIpc) is 4.11. The Balaban J connectivity index is 0.000000149. The van der Waals surface area contributed by atoms with Gasteiger partial charge in [-0.3, -0.25) is 10.2 Å². The van der Waals surface area contributed by atoms with Crippen LogP contribution in [0.2, 0.25) is 0 Å². The number of aromatic amines is 3. The highest BCUT2D eigenvalue weighted by molar-refractivity contribution is 6.10. The van der Waals surface area contributed by atoms with Gasteiger partial charge in [0, 0.05) is 89.1 Å². The molecule has 0 aliphatic carbocycles. The topological polar surface area (TPSA) is 184 Å². The van der Waals surface area contributed by atoms with Crippen LogP contribution in [-0.4, -0.2) is 72.4 Å². The van der Waals surface area contributed by atoms with Gasteiger partial charge in [-0.25, -0.2) is 9.97 Å². The Morgan fingerprint density at radius 3 is 1.93 bits per heavy atom. The van der Waals surface area contributed by atoms with E-state index in [9.17, 15) is 0 Å². The molecule has 2 saturated heterocycles. The third-order valence-electron chi connectivity index (χ3n) is 11.7. The number of fused-ring (bicyclic) bond motifs is 6. The van der Waals surface area contributed by atoms with Crippen molar-refractivity contribution in [1.82, 2.24) is 39.9 Å². The minimum Gasteiger partial charge on any atom is -0.497 e. The van der Waals surface area contributed by atoms with Crippen molar-refractivity contribution in [2.24, 2.45) is 0 Å². The molecule has 59 heavy (non-hydrogen) atoms. The summed E-state index contributed by atoms with van der Waals surface area (Å²) in [4.78, 5) is 12.9. The first-order valence-electron chi connectivity index (χ1n) is 20.2. The zero-order valence-electron chi connectivity index (χ0n) is 32.9. The van der Waals surface area contributed by atoms with Crippen LogP contribution in [0.4, 0.5) is 11.6 Å². The van der Waals surface area contributed by atoms with Crippen molar-refractivity contribution in [3.05, 3.63) is 114 Å². The van der Waals surface area contributed by atoms with Crippen LogP contribution >= 0.6 is 0 Å². The first-order chi connectivity index (χ1) is 29.0. The summed E-state index contributed by atoms with van der Waals surface area (Å²) in [6.07, 6.45) is 10.3. The minimum atomic E-state index is 0.242. The van der Waals surface area contributed by atoms with Gasteiger partial charge in [-0.15, -0.1) is 0 Å². The average molecular weight is 787 g/mol. The molecule has 2 fully saturated rings. The molecule has 0 radical (unpaired) electrons. The number of pyridine rings is 2. The Kier molecular flexibility index (Phi) is 9.67. The van der Waals surface area contributed by atoms with Crippen LogP contribution in [0.15, 0.2) is 97.3 Å². The monoisotopic (exact) mass is 786 g/mol. The van der Waals surface area contributed by atoms with Gasteiger partial charge in [0.15, 0.2) is 0 Å². The van der Waals surface area contributed by atoms with Crippen molar-refractivity contribution in [1.29, 1.82) is 0 Å². The first-order valence-corrected chi connectivity index (χ1v) is 20.2. The number of nitrogens with one attached hydrogen (secondary N) is 3.